The first-order valence-electron chi connectivity index (χ1n) is 8.62. The van der Waals surface area contributed by atoms with Crippen molar-refractivity contribution in [3.63, 3.8) is 0 Å². The van der Waals surface area contributed by atoms with E-state index in [1.807, 2.05) is 47.4 Å². The molecule has 3 amide bonds. The van der Waals surface area contributed by atoms with E-state index in [0.717, 1.165) is 18.5 Å². The van der Waals surface area contributed by atoms with Crippen LogP contribution < -0.4 is 10.6 Å². The number of carbonyl (C=O) groups excluding carboxylic acids is 2. The molecule has 2 N–H and O–H groups in total. The topological polar surface area (TPSA) is 61.4 Å². The van der Waals surface area contributed by atoms with Crippen LogP contribution in [-0.4, -0.2) is 29.9 Å². The highest BCUT2D eigenvalue weighted by Gasteiger charge is 2.19. The Hall–Kier alpha value is -2.82. The van der Waals surface area contributed by atoms with Gasteiger partial charge in [-0.2, -0.15) is 0 Å². The number of hydrogen-bond acceptors (Lipinski definition) is 2. The normalized spacial score (nSPS) is 13.0. The molecule has 1 aliphatic heterocycles. The molecular formula is C20H23N3O2. The molecule has 0 fully saturated rings. The Kier molecular flexibility index (Phi) is 5.67. The quantitative estimate of drug-likeness (QED) is 0.880. The molecule has 0 spiro atoms. The number of amides is 3. The maximum Gasteiger partial charge on any atom is 0.315 e. The molecule has 0 bridgehead atoms. The summed E-state index contributed by atoms with van der Waals surface area (Å²) >= 11 is 0. The number of urea groups is 1. The van der Waals surface area contributed by atoms with E-state index in [9.17, 15) is 9.59 Å². The van der Waals surface area contributed by atoms with Crippen molar-refractivity contribution in [3.05, 3.63) is 71.3 Å². The Morgan fingerprint density at radius 2 is 1.64 bits per heavy atom. The minimum absolute atomic E-state index is 0.0814. The van der Waals surface area contributed by atoms with Crippen LogP contribution >= 0.6 is 0 Å². The molecule has 0 unspecified atom stereocenters. The molecule has 0 saturated heterocycles. The van der Waals surface area contributed by atoms with E-state index in [1.54, 1.807) is 0 Å². The third-order valence-electron chi connectivity index (χ3n) is 4.40. The van der Waals surface area contributed by atoms with Gasteiger partial charge in [0.2, 0.25) is 5.91 Å². The Labute approximate surface area is 148 Å². The van der Waals surface area contributed by atoms with Crippen molar-refractivity contribution in [2.24, 2.45) is 0 Å². The van der Waals surface area contributed by atoms with Gasteiger partial charge in [-0.3, -0.25) is 4.79 Å². The maximum absolute atomic E-state index is 12.3. The molecule has 2 aromatic rings. The van der Waals surface area contributed by atoms with Gasteiger partial charge in [-0.25, -0.2) is 4.79 Å². The molecule has 130 valence electrons. The summed E-state index contributed by atoms with van der Waals surface area (Å²) in [7, 11) is 0. The summed E-state index contributed by atoms with van der Waals surface area (Å²) in [5, 5.41) is 5.53. The third-order valence-corrected chi connectivity index (χ3v) is 4.40. The fourth-order valence-corrected chi connectivity index (χ4v) is 2.99. The average molecular weight is 337 g/mol. The highest BCUT2D eigenvalue weighted by atomic mass is 16.2. The largest absolute Gasteiger partial charge is 0.338 e. The van der Waals surface area contributed by atoms with Crippen molar-refractivity contribution < 1.29 is 9.59 Å². The number of carbonyl (C=O) groups is 2. The second kappa shape index (κ2) is 8.33. The molecule has 2 aromatic carbocycles. The van der Waals surface area contributed by atoms with E-state index >= 15 is 0 Å². The zero-order valence-electron chi connectivity index (χ0n) is 14.2. The van der Waals surface area contributed by atoms with Gasteiger partial charge in [0.05, 0.1) is 0 Å². The van der Waals surface area contributed by atoms with Crippen LogP contribution in [0.25, 0.3) is 0 Å². The molecule has 0 atom stereocenters. The van der Waals surface area contributed by atoms with Crippen LogP contribution in [0.15, 0.2) is 54.6 Å². The second-order valence-corrected chi connectivity index (χ2v) is 6.18. The molecule has 0 aliphatic carbocycles. The third kappa shape index (κ3) is 4.83. The lowest BCUT2D eigenvalue weighted by molar-refractivity contribution is -0.131. The zero-order chi connectivity index (χ0) is 17.5. The van der Waals surface area contributed by atoms with Crippen LogP contribution in [0.5, 0.6) is 0 Å². The van der Waals surface area contributed by atoms with Crippen molar-refractivity contribution in [3.8, 4) is 0 Å². The highest BCUT2D eigenvalue weighted by Crippen LogP contribution is 2.18. The minimum atomic E-state index is -0.249. The summed E-state index contributed by atoms with van der Waals surface area (Å²) in [6.07, 6.45) is 1.22. The molecule has 0 radical (unpaired) electrons. The number of nitrogens with zero attached hydrogens (tertiary/aromatic N) is 1. The number of fused-ring (bicyclic) bond motifs is 1. The smallest absolute Gasteiger partial charge is 0.315 e. The van der Waals surface area contributed by atoms with E-state index in [0.29, 0.717) is 26.1 Å². The fourth-order valence-electron chi connectivity index (χ4n) is 2.99. The lowest BCUT2D eigenvalue weighted by Crippen LogP contribution is -2.40. The fraction of sp³-hybridized carbons (Fsp3) is 0.300. The molecule has 3 rings (SSSR count). The summed E-state index contributed by atoms with van der Waals surface area (Å²) in [5.41, 5.74) is 3.58. The summed E-state index contributed by atoms with van der Waals surface area (Å²) in [5.74, 6) is 0.0814. The van der Waals surface area contributed by atoms with Gasteiger partial charge >= 0.3 is 6.03 Å². The minimum Gasteiger partial charge on any atom is -0.338 e. The number of rotatable bonds is 5. The molecule has 1 aliphatic rings. The lowest BCUT2D eigenvalue weighted by atomic mass is 10.00. The number of hydrogen-bond donors (Lipinski definition) is 2. The summed E-state index contributed by atoms with van der Waals surface area (Å²) in [4.78, 5) is 26.0. The van der Waals surface area contributed by atoms with Crippen LogP contribution in [0.1, 0.15) is 23.1 Å². The molecule has 0 aromatic heterocycles. The Morgan fingerprint density at radius 3 is 2.44 bits per heavy atom. The van der Waals surface area contributed by atoms with Crippen LogP contribution in [-0.2, 0) is 24.3 Å². The lowest BCUT2D eigenvalue weighted by Gasteiger charge is -2.29. The number of nitrogens with one attached hydrogen (secondary N) is 2. The van der Waals surface area contributed by atoms with Crippen molar-refractivity contribution in [1.29, 1.82) is 0 Å². The first-order valence-corrected chi connectivity index (χ1v) is 8.62. The number of benzene rings is 2. The first kappa shape index (κ1) is 17.0. The van der Waals surface area contributed by atoms with E-state index in [-0.39, 0.29) is 11.9 Å². The van der Waals surface area contributed by atoms with Gasteiger partial charge < -0.3 is 15.5 Å². The van der Waals surface area contributed by atoms with E-state index < -0.39 is 0 Å². The predicted octanol–water partition coefficient (Wildman–Crippen LogP) is 2.46. The van der Waals surface area contributed by atoms with Gasteiger partial charge in [0.25, 0.3) is 0 Å². The van der Waals surface area contributed by atoms with Gasteiger partial charge in [0.1, 0.15) is 0 Å². The molecule has 1 heterocycles. The molecule has 25 heavy (non-hydrogen) atoms. The monoisotopic (exact) mass is 337 g/mol. The summed E-state index contributed by atoms with van der Waals surface area (Å²) in [6, 6.07) is 17.7. The molecule has 5 nitrogen and oxygen atoms in total. The maximum atomic E-state index is 12.3. The first-order chi connectivity index (χ1) is 12.2. The average Bonchev–Trinajstić information content (AvgIpc) is 2.66. The standard InChI is InChI=1S/C20H23N3O2/c24-19(23-13-11-17-8-4-5-9-18(17)15-23)10-12-21-20(25)22-14-16-6-2-1-3-7-16/h1-9H,10-15H2,(H2,21,22,25). The predicted molar refractivity (Wildman–Crippen MR) is 96.9 cm³/mol. The van der Waals surface area contributed by atoms with E-state index in [1.165, 1.54) is 11.1 Å². The van der Waals surface area contributed by atoms with Gasteiger partial charge in [-0.05, 0) is 23.1 Å². The van der Waals surface area contributed by atoms with E-state index in [2.05, 4.69) is 22.8 Å². The van der Waals surface area contributed by atoms with Crippen LogP contribution in [0.3, 0.4) is 0 Å². The van der Waals surface area contributed by atoms with Crippen molar-refractivity contribution in [2.75, 3.05) is 13.1 Å². The van der Waals surface area contributed by atoms with Crippen molar-refractivity contribution in [2.45, 2.75) is 25.9 Å². The SMILES string of the molecule is O=C(NCCC(=O)N1CCc2ccccc2C1)NCc1ccccc1. The second-order valence-electron chi connectivity index (χ2n) is 6.18. The van der Waals surface area contributed by atoms with Crippen LogP contribution in [0.2, 0.25) is 0 Å². The molecule has 0 saturated carbocycles. The van der Waals surface area contributed by atoms with Crippen LogP contribution in [0.4, 0.5) is 4.79 Å². The molecular weight excluding hydrogens is 314 g/mol. The Balaban J connectivity index is 1.37. The van der Waals surface area contributed by atoms with E-state index in [4.69, 9.17) is 0 Å². The zero-order valence-corrected chi connectivity index (χ0v) is 14.2. The van der Waals surface area contributed by atoms with Gasteiger partial charge in [0.15, 0.2) is 0 Å². The highest BCUT2D eigenvalue weighted by molar-refractivity contribution is 5.78. The van der Waals surface area contributed by atoms with Crippen molar-refractivity contribution in [1.82, 2.24) is 15.5 Å². The van der Waals surface area contributed by atoms with Gasteiger partial charge in [-0.1, -0.05) is 54.6 Å². The van der Waals surface area contributed by atoms with Gasteiger partial charge in [-0.15, -0.1) is 0 Å². The molecule has 5 heteroatoms. The van der Waals surface area contributed by atoms with Gasteiger partial charge in [0, 0.05) is 32.6 Å². The summed E-state index contributed by atoms with van der Waals surface area (Å²) in [6.45, 7) is 2.23. The summed E-state index contributed by atoms with van der Waals surface area (Å²) < 4.78 is 0. The Bertz CT molecular complexity index is 731. The van der Waals surface area contributed by atoms with Crippen LogP contribution in [0, 0.1) is 0 Å². The Morgan fingerprint density at radius 1 is 0.920 bits per heavy atom. The van der Waals surface area contributed by atoms with Crippen molar-refractivity contribution >= 4 is 11.9 Å².